The number of hydrogen-bond acceptors (Lipinski definition) is 4. The summed E-state index contributed by atoms with van der Waals surface area (Å²) in [5.41, 5.74) is 1.08. The second-order valence-corrected chi connectivity index (χ2v) is 7.27. The van der Waals surface area contributed by atoms with E-state index in [-0.39, 0.29) is 11.9 Å². The van der Waals surface area contributed by atoms with Gasteiger partial charge >= 0.3 is 0 Å². The highest BCUT2D eigenvalue weighted by atomic mass is 79.9. The highest BCUT2D eigenvalue weighted by molar-refractivity contribution is 9.10. The molecule has 1 atom stereocenters. The highest BCUT2D eigenvalue weighted by Gasteiger charge is 2.27. The molecule has 0 aliphatic heterocycles. The molecule has 1 amide bonds. The number of benzene rings is 1. The molecule has 1 aromatic heterocycles. The summed E-state index contributed by atoms with van der Waals surface area (Å²) in [6.45, 7) is 1.98. The van der Waals surface area contributed by atoms with Crippen LogP contribution < -0.4 is 5.32 Å². The van der Waals surface area contributed by atoms with Crippen LogP contribution in [0.2, 0.25) is 0 Å². The maximum absolute atomic E-state index is 12.0. The quantitative estimate of drug-likeness (QED) is 0.753. The average Bonchev–Trinajstić information content (AvgIpc) is 3.25. The molecule has 116 valence electrons. The van der Waals surface area contributed by atoms with Crippen molar-refractivity contribution in [3.05, 3.63) is 40.1 Å². The molecule has 1 aromatic carbocycles. The van der Waals surface area contributed by atoms with E-state index in [1.54, 1.807) is 0 Å². The van der Waals surface area contributed by atoms with Crippen LogP contribution >= 0.6 is 27.7 Å². The topological polar surface area (TPSA) is 70.7 Å². The lowest BCUT2D eigenvalue weighted by atomic mass is 10.1. The Bertz CT molecular complexity index is 654. The number of carbonyl (C=O) groups excluding carboxylic acids is 1. The highest BCUT2D eigenvalue weighted by Crippen LogP contribution is 2.38. The smallest absolute Gasteiger partial charge is 0.230 e. The molecule has 0 saturated heterocycles. The Labute approximate surface area is 141 Å². The van der Waals surface area contributed by atoms with Gasteiger partial charge in [-0.15, -0.1) is 5.10 Å². The zero-order valence-corrected chi connectivity index (χ0v) is 14.6. The first kappa shape index (κ1) is 15.6. The van der Waals surface area contributed by atoms with Gasteiger partial charge in [0, 0.05) is 10.4 Å². The number of aromatic amines is 1. The van der Waals surface area contributed by atoms with Crippen LogP contribution in [0, 0.1) is 0 Å². The molecular formula is C15H17BrN4OS. The van der Waals surface area contributed by atoms with Gasteiger partial charge in [-0.1, -0.05) is 39.8 Å². The third-order valence-corrected chi connectivity index (χ3v) is 4.90. The van der Waals surface area contributed by atoms with Crippen LogP contribution in [0.15, 0.2) is 33.9 Å². The van der Waals surface area contributed by atoms with E-state index in [2.05, 4.69) is 36.4 Å². The predicted octanol–water partition coefficient (Wildman–Crippen LogP) is 3.41. The van der Waals surface area contributed by atoms with E-state index < -0.39 is 0 Å². The zero-order chi connectivity index (χ0) is 15.5. The maximum Gasteiger partial charge on any atom is 0.230 e. The minimum atomic E-state index is -0.0182. The molecule has 1 aliphatic carbocycles. The Kier molecular flexibility index (Phi) is 4.83. The number of amides is 1. The van der Waals surface area contributed by atoms with Crippen LogP contribution in [-0.4, -0.2) is 26.8 Å². The maximum atomic E-state index is 12.0. The number of rotatable bonds is 6. The largest absolute Gasteiger partial charge is 0.349 e. The van der Waals surface area contributed by atoms with Crippen LogP contribution in [0.5, 0.6) is 0 Å². The Morgan fingerprint density at radius 3 is 2.86 bits per heavy atom. The lowest BCUT2D eigenvalue weighted by Crippen LogP contribution is -2.28. The van der Waals surface area contributed by atoms with E-state index in [1.807, 2.05) is 31.2 Å². The fourth-order valence-corrected chi connectivity index (χ4v) is 2.99. The van der Waals surface area contributed by atoms with Crippen LogP contribution in [0.25, 0.3) is 0 Å². The van der Waals surface area contributed by atoms with Gasteiger partial charge < -0.3 is 5.32 Å². The van der Waals surface area contributed by atoms with E-state index in [0.29, 0.717) is 16.8 Å². The average molecular weight is 381 g/mol. The molecule has 1 fully saturated rings. The summed E-state index contributed by atoms with van der Waals surface area (Å²) in [7, 11) is 0. The Balaban J connectivity index is 1.47. The van der Waals surface area contributed by atoms with Crippen LogP contribution in [0.4, 0.5) is 0 Å². The van der Waals surface area contributed by atoms with E-state index in [1.165, 1.54) is 24.6 Å². The van der Waals surface area contributed by atoms with Gasteiger partial charge in [-0.05, 0) is 37.5 Å². The minimum Gasteiger partial charge on any atom is -0.349 e. The number of thioether (sulfide) groups is 1. The van der Waals surface area contributed by atoms with Crippen LogP contribution in [0.3, 0.4) is 0 Å². The van der Waals surface area contributed by atoms with Gasteiger partial charge in [-0.3, -0.25) is 9.89 Å². The molecule has 1 heterocycles. The third-order valence-electron chi connectivity index (χ3n) is 3.53. The molecule has 0 radical (unpaired) electrons. The molecular weight excluding hydrogens is 364 g/mol. The second kappa shape index (κ2) is 6.83. The molecule has 2 N–H and O–H groups in total. The van der Waals surface area contributed by atoms with E-state index >= 15 is 0 Å². The summed E-state index contributed by atoms with van der Waals surface area (Å²) in [4.78, 5) is 16.4. The van der Waals surface area contributed by atoms with Crippen molar-refractivity contribution in [2.75, 3.05) is 5.75 Å². The molecule has 1 saturated carbocycles. The van der Waals surface area contributed by atoms with Crippen molar-refractivity contribution < 1.29 is 4.79 Å². The number of halogens is 1. The molecule has 3 rings (SSSR count). The second-order valence-electron chi connectivity index (χ2n) is 5.41. The SMILES string of the molecule is CC(NC(=O)CSc1n[nH]c(C2CC2)n1)c1ccc(Br)cc1. The normalized spacial score (nSPS) is 15.5. The number of carbonyl (C=O) groups is 1. The lowest BCUT2D eigenvalue weighted by Gasteiger charge is -2.14. The van der Waals surface area contributed by atoms with Crippen molar-refractivity contribution in [1.82, 2.24) is 20.5 Å². The van der Waals surface area contributed by atoms with Crippen molar-refractivity contribution in [3.63, 3.8) is 0 Å². The summed E-state index contributed by atoms with van der Waals surface area (Å²) in [5.74, 6) is 1.81. The van der Waals surface area contributed by atoms with Gasteiger partial charge in [-0.2, -0.15) is 0 Å². The molecule has 0 bridgehead atoms. The number of H-pyrrole nitrogens is 1. The summed E-state index contributed by atoms with van der Waals surface area (Å²) in [5, 5.41) is 10.7. The minimum absolute atomic E-state index is 0.0156. The molecule has 5 nitrogen and oxygen atoms in total. The van der Waals surface area contributed by atoms with Crippen LogP contribution in [0.1, 0.15) is 43.1 Å². The van der Waals surface area contributed by atoms with Crippen molar-refractivity contribution >= 4 is 33.6 Å². The molecule has 7 heteroatoms. The molecule has 22 heavy (non-hydrogen) atoms. The Morgan fingerprint density at radius 1 is 1.45 bits per heavy atom. The predicted molar refractivity (Wildman–Crippen MR) is 89.8 cm³/mol. The Hall–Kier alpha value is -1.34. The number of hydrogen-bond donors (Lipinski definition) is 2. The number of aromatic nitrogens is 3. The molecule has 2 aromatic rings. The summed E-state index contributed by atoms with van der Waals surface area (Å²) < 4.78 is 1.03. The number of nitrogens with one attached hydrogen (secondary N) is 2. The summed E-state index contributed by atoms with van der Waals surface area (Å²) in [6, 6.07) is 7.92. The first-order valence-electron chi connectivity index (χ1n) is 7.22. The first-order chi connectivity index (χ1) is 10.6. The van der Waals surface area contributed by atoms with E-state index in [0.717, 1.165) is 15.9 Å². The van der Waals surface area contributed by atoms with Crippen LogP contribution in [-0.2, 0) is 4.79 Å². The van der Waals surface area contributed by atoms with Gasteiger partial charge in [0.05, 0.1) is 11.8 Å². The lowest BCUT2D eigenvalue weighted by molar-refractivity contribution is -0.119. The van der Waals surface area contributed by atoms with Gasteiger partial charge in [0.1, 0.15) is 5.82 Å². The van der Waals surface area contributed by atoms with Gasteiger partial charge in [0.15, 0.2) is 0 Å². The fourth-order valence-electron chi connectivity index (χ4n) is 2.11. The van der Waals surface area contributed by atoms with E-state index in [4.69, 9.17) is 0 Å². The molecule has 1 aliphatic rings. The Morgan fingerprint density at radius 2 is 2.18 bits per heavy atom. The van der Waals surface area contributed by atoms with Gasteiger partial charge in [0.25, 0.3) is 0 Å². The van der Waals surface area contributed by atoms with Crippen molar-refractivity contribution in [2.45, 2.75) is 36.9 Å². The summed E-state index contributed by atoms with van der Waals surface area (Å²) in [6.07, 6.45) is 2.37. The fraction of sp³-hybridized carbons (Fsp3) is 0.400. The number of nitrogens with zero attached hydrogens (tertiary/aromatic N) is 2. The van der Waals surface area contributed by atoms with Crippen molar-refractivity contribution in [1.29, 1.82) is 0 Å². The first-order valence-corrected chi connectivity index (χ1v) is 8.99. The van der Waals surface area contributed by atoms with Gasteiger partial charge in [-0.25, -0.2) is 4.98 Å². The van der Waals surface area contributed by atoms with Crippen molar-refractivity contribution in [3.8, 4) is 0 Å². The van der Waals surface area contributed by atoms with Crippen molar-refractivity contribution in [2.24, 2.45) is 0 Å². The van der Waals surface area contributed by atoms with Gasteiger partial charge in [0.2, 0.25) is 11.1 Å². The summed E-state index contributed by atoms with van der Waals surface area (Å²) >= 11 is 4.77. The standard InChI is InChI=1S/C15H17BrN4OS/c1-9(10-4-6-12(16)7-5-10)17-13(21)8-22-15-18-14(19-20-15)11-2-3-11/h4-7,9,11H,2-3,8H2,1H3,(H,17,21)(H,18,19,20). The van der Waals surface area contributed by atoms with E-state index in [9.17, 15) is 4.79 Å². The zero-order valence-electron chi connectivity index (χ0n) is 12.2. The molecule has 0 spiro atoms. The third kappa shape index (κ3) is 4.10. The monoisotopic (exact) mass is 380 g/mol. The molecule has 1 unspecified atom stereocenters.